The Morgan fingerprint density at radius 2 is 0.769 bits per heavy atom. The molecular formula is C18H35AlCl5CrO. The molecule has 0 atom stereocenters. The fourth-order valence-corrected chi connectivity index (χ4v) is 2.87. The second-order valence-corrected chi connectivity index (χ2v) is 6.81. The summed E-state index contributed by atoms with van der Waals surface area (Å²) in [7, 11) is 0. The maximum absolute atomic E-state index is 10.7. The summed E-state index contributed by atoms with van der Waals surface area (Å²) in [5.41, 5.74) is 0. The van der Waals surface area contributed by atoms with Crippen LogP contribution in [0.1, 0.15) is 110 Å². The van der Waals surface area contributed by atoms with E-state index >= 15 is 0 Å². The summed E-state index contributed by atoms with van der Waals surface area (Å²) in [6, 6.07) is 0. The molecule has 0 aromatic rings. The number of carbonyl (C=O) groups is 1. The first-order chi connectivity index (χ1) is 9.77. The molecule has 1 radical (unpaired) electrons. The van der Waals surface area contributed by atoms with Crippen molar-refractivity contribution in [2.45, 2.75) is 110 Å². The van der Waals surface area contributed by atoms with Crippen molar-refractivity contribution in [2.24, 2.45) is 0 Å². The van der Waals surface area contributed by atoms with Gasteiger partial charge in [-0.15, -0.1) is 0 Å². The van der Waals surface area contributed by atoms with E-state index in [0.717, 1.165) is 12.8 Å². The van der Waals surface area contributed by atoms with Gasteiger partial charge in [-0.2, -0.15) is 0 Å². The van der Waals surface area contributed by atoms with Crippen molar-refractivity contribution in [2.75, 3.05) is 0 Å². The summed E-state index contributed by atoms with van der Waals surface area (Å²) in [6.45, 7) is 2.28. The quantitative estimate of drug-likeness (QED) is 0.145. The van der Waals surface area contributed by atoms with Crippen molar-refractivity contribution >= 4 is 20.9 Å². The number of unbranched alkanes of at least 4 members (excludes halogenated alkanes) is 14. The molecule has 0 spiro atoms. The second-order valence-electron chi connectivity index (χ2n) is 6.17. The van der Waals surface area contributed by atoms with Crippen LogP contribution in [0.15, 0.2) is 0 Å². The molecule has 0 aromatic carbocycles. The fourth-order valence-electron chi connectivity index (χ4n) is 2.67. The minimum atomic E-state index is 0. The molecule has 0 rings (SSSR count). The molecule has 26 heavy (non-hydrogen) atoms. The van der Waals surface area contributed by atoms with Crippen LogP contribution >= 0.6 is 0 Å². The van der Waals surface area contributed by atoms with Crippen molar-refractivity contribution in [3.8, 4) is 0 Å². The second kappa shape index (κ2) is 41.5. The molecule has 0 heterocycles. The Kier molecular flexibility index (Phi) is 74.1. The van der Waals surface area contributed by atoms with E-state index in [4.69, 9.17) is 0 Å². The summed E-state index contributed by atoms with van der Waals surface area (Å²) >= 11 is 2.27. The molecule has 0 saturated heterocycles. The smallest absolute Gasteiger partial charge is 1.00 e. The normalized spacial score (nSPS) is 8.42. The SMILES string of the molecule is CCCCCCCCCCCCCCCCC[C](=O)[Al+2].[Cl-].[Cl-].[Cl-].[Cl-].[Cl-].[Cr+3]. The molecule has 0 N–H and O–H groups in total. The van der Waals surface area contributed by atoms with Gasteiger partial charge < -0.3 is 62.0 Å². The number of rotatable bonds is 16. The first kappa shape index (κ1) is 46.4. The maximum atomic E-state index is 10.7. The van der Waals surface area contributed by atoms with Crippen molar-refractivity contribution in [1.29, 1.82) is 0 Å². The Bertz CT molecular complexity index is 228. The average molecular weight is 524 g/mol. The molecule has 0 aliphatic rings. The van der Waals surface area contributed by atoms with Crippen LogP contribution in [0, 0.1) is 0 Å². The maximum Gasteiger partial charge on any atom is 3.00 e. The standard InChI is InChI=1S/C18H35O.Al.5ClH.Cr/c1-2-3-4-5-6-7-8-9-10-11-12-13-14-15-16-17-18-19;;;;;;;/h2-17H2,1H3;;5*1H;/q;+2;;;;;;+3/p-5. The van der Waals surface area contributed by atoms with Crippen LogP contribution in [0.3, 0.4) is 0 Å². The Morgan fingerprint density at radius 1 is 0.538 bits per heavy atom. The van der Waals surface area contributed by atoms with Gasteiger partial charge in [-0.3, -0.25) is 0 Å². The third-order valence-corrected chi connectivity index (χ3v) is 4.32. The van der Waals surface area contributed by atoms with E-state index in [2.05, 4.69) is 23.2 Å². The average Bonchev–Trinajstić information content (AvgIpc) is 2.43. The zero-order valence-corrected chi connectivity index (χ0v) is 22.3. The Balaban J connectivity index is -0.000000120. The van der Waals surface area contributed by atoms with Gasteiger partial charge in [-0.1, -0.05) is 39.0 Å². The molecule has 8 heteroatoms. The van der Waals surface area contributed by atoms with Crippen molar-refractivity contribution in [1.82, 2.24) is 0 Å². The topological polar surface area (TPSA) is 17.1 Å². The third-order valence-electron chi connectivity index (χ3n) is 4.03. The predicted molar refractivity (Wildman–Crippen MR) is 90.3 cm³/mol. The minimum absolute atomic E-state index is 0. The Hall–Kier alpha value is 2.18. The summed E-state index contributed by atoms with van der Waals surface area (Å²) in [6.07, 6.45) is 21.4. The van der Waals surface area contributed by atoms with E-state index in [1.807, 2.05) is 0 Å². The molecule has 0 aromatic heterocycles. The van der Waals surface area contributed by atoms with Gasteiger partial charge in [-0.05, 0) is 0 Å². The molecule has 0 bridgehead atoms. The van der Waals surface area contributed by atoms with Crippen LogP contribution in [0.2, 0.25) is 0 Å². The van der Waals surface area contributed by atoms with Crippen molar-refractivity contribution in [3.63, 3.8) is 0 Å². The largest absolute Gasteiger partial charge is 3.00 e. The summed E-state index contributed by atoms with van der Waals surface area (Å²) < 4.78 is 0.264. The third kappa shape index (κ3) is 45.1. The van der Waals surface area contributed by atoms with Gasteiger partial charge in [0.1, 0.15) is 0 Å². The van der Waals surface area contributed by atoms with Crippen LogP contribution in [-0.4, -0.2) is 20.9 Å². The van der Waals surface area contributed by atoms with E-state index in [9.17, 15) is 4.79 Å². The van der Waals surface area contributed by atoms with Crippen LogP contribution in [0.25, 0.3) is 0 Å². The predicted octanol–water partition coefficient (Wildman–Crippen LogP) is -9.04. The van der Waals surface area contributed by atoms with E-state index < -0.39 is 0 Å². The molecule has 157 valence electrons. The number of hydrogen-bond donors (Lipinski definition) is 0. The van der Waals surface area contributed by atoms with E-state index in [0.29, 0.717) is 0 Å². The summed E-state index contributed by atoms with van der Waals surface area (Å²) in [5.74, 6) is 0. The molecule has 0 fully saturated rings. The van der Waals surface area contributed by atoms with Crippen LogP contribution in [-0.2, 0) is 22.2 Å². The summed E-state index contributed by atoms with van der Waals surface area (Å²) in [4.78, 5) is 10.7. The monoisotopic (exact) mass is 521 g/mol. The van der Waals surface area contributed by atoms with Crippen molar-refractivity contribution < 1.29 is 84.2 Å². The van der Waals surface area contributed by atoms with Gasteiger partial charge in [0.05, 0.1) is 0 Å². The Morgan fingerprint density at radius 3 is 1.00 bits per heavy atom. The molecule has 0 aliphatic heterocycles. The van der Waals surface area contributed by atoms with E-state index in [1.54, 1.807) is 0 Å². The van der Waals surface area contributed by atoms with Crippen LogP contribution < -0.4 is 62.0 Å². The first-order valence-electron chi connectivity index (χ1n) is 9.05. The van der Waals surface area contributed by atoms with Crippen LogP contribution in [0.4, 0.5) is 0 Å². The van der Waals surface area contributed by atoms with Gasteiger partial charge in [0.15, 0.2) is 0 Å². The number of hydrogen-bond acceptors (Lipinski definition) is 1. The molecule has 1 nitrogen and oxygen atoms in total. The van der Waals surface area contributed by atoms with Gasteiger partial charge in [-0.25, -0.2) is 0 Å². The molecular weight excluding hydrogens is 488 g/mol. The summed E-state index contributed by atoms with van der Waals surface area (Å²) in [5, 5.41) is 0. The molecule has 0 aliphatic carbocycles. The van der Waals surface area contributed by atoms with Gasteiger partial charge in [0, 0.05) is 0 Å². The van der Waals surface area contributed by atoms with Crippen LogP contribution in [0.5, 0.6) is 0 Å². The zero-order chi connectivity index (χ0) is 14.9. The van der Waals surface area contributed by atoms with Gasteiger partial charge in [0.2, 0.25) is 0 Å². The molecule has 0 amide bonds. The number of halogens is 5. The molecule has 0 unspecified atom stereocenters. The Labute approximate surface area is 213 Å². The molecule has 0 saturated carbocycles. The first-order valence-corrected chi connectivity index (χ1v) is 9.63. The number of carbonyl (C=O) groups excluding carboxylic acids is 1. The zero-order valence-electron chi connectivity index (χ0n) is 16.1. The fraction of sp³-hybridized carbons (Fsp3) is 0.944. The minimum Gasteiger partial charge on any atom is -1.00 e. The van der Waals surface area contributed by atoms with Crippen molar-refractivity contribution in [3.05, 3.63) is 0 Å². The van der Waals surface area contributed by atoms with Gasteiger partial charge in [0.25, 0.3) is 0 Å². The van der Waals surface area contributed by atoms with E-state index in [1.165, 1.54) is 89.9 Å². The van der Waals surface area contributed by atoms with Gasteiger partial charge >= 0.3 is 114 Å². The van der Waals surface area contributed by atoms with E-state index in [-0.39, 0.29) is 84.0 Å².